The van der Waals surface area contributed by atoms with Crippen molar-refractivity contribution in [2.75, 3.05) is 18.6 Å². The first kappa shape index (κ1) is 22.6. The number of ketones is 1. The highest BCUT2D eigenvalue weighted by Gasteiger charge is 2.49. The Morgan fingerprint density at radius 3 is 2.48 bits per heavy atom. The number of hydrogen-bond donors (Lipinski definition) is 1. The number of aromatic nitrogens is 1. The van der Waals surface area contributed by atoms with Gasteiger partial charge in [0.1, 0.15) is 11.4 Å². The first-order chi connectivity index (χ1) is 14.5. The maximum Gasteiger partial charge on any atom is 0.416 e. The Morgan fingerprint density at radius 2 is 1.94 bits per heavy atom. The lowest BCUT2D eigenvalue weighted by atomic mass is 10.1. The zero-order valence-corrected chi connectivity index (χ0v) is 17.3. The van der Waals surface area contributed by atoms with Crippen molar-refractivity contribution in [3.63, 3.8) is 0 Å². The number of anilines is 2. The predicted molar refractivity (Wildman–Crippen MR) is 108 cm³/mol. The Labute approximate surface area is 177 Å². The van der Waals surface area contributed by atoms with Crippen LogP contribution in [-0.4, -0.2) is 35.5 Å². The highest BCUT2D eigenvalue weighted by Crippen LogP contribution is 2.43. The number of carbonyl (C=O) groups excluding carboxylic acids is 1. The molecule has 2 aromatic rings. The minimum atomic E-state index is -4.48. The number of benzene rings is 1. The second-order valence-corrected chi connectivity index (χ2v) is 7.95. The van der Waals surface area contributed by atoms with Crippen LogP contribution in [0.2, 0.25) is 0 Å². The molecule has 31 heavy (non-hydrogen) atoms. The molecule has 0 radical (unpaired) electrons. The summed E-state index contributed by atoms with van der Waals surface area (Å²) < 4.78 is 44.9. The average molecular weight is 436 g/mol. The third-order valence-corrected chi connectivity index (χ3v) is 5.08. The van der Waals surface area contributed by atoms with E-state index in [4.69, 9.17) is 9.84 Å². The lowest BCUT2D eigenvalue weighted by Gasteiger charge is -2.28. The maximum atomic E-state index is 13.2. The predicted octanol–water partition coefficient (Wildman–Crippen LogP) is 4.81. The van der Waals surface area contributed by atoms with Gasteiger partial charge in [0.25, 0.3) is 0 Å². The molecule has 0 amide bonds. The molecule has 0 unspecified atom stereocenters. The van der Waals surface area contributed by atoms with Gasteiger partial charge in [-0.2, -0.15) is 13.2 Å². The smallest absolute Gasteiger partial charge is 0.416 e. The molecule has 6 nitrogen and oxygen atoms in total. The Morgan fingerprint density at radius 1 is 1.23 bits per heavy atom. The number of ether oxygens (including phenoxy) is 1. The SMILES string of the molecule is COc1cc(N(CC(C)C)c2cccc(C(F)(F)F)c2)cnc1C(=O)[C@H]1C[C@@H]1C(=O)O. The van der Waals surface area contributed by atoms with Crippen LogP contribution in [-0.2, 0) is 11.0 Å². The van der Waals surface area contributed by atoms with Crippen LogP contribution in [0.4, 0.5) is 24.5 Å². The fraction of sp³-hybridized carbons (Fsp3) is 0.409. The van der Waals surface area contributed by atoms with Crippen molar-refractivity contribution < 1.29 is 32.6 Å². The average Bonchev–Trinajstić information content (AvgIpc) is 3.51. The van der Waals surface area contributed by atoms with Gasteiger partial charge in [-0.05, 0) is 30.5 Å². The van der Waals surface area contributed by atoms with E-state index in [1.54, 1.807) is 17.0 Å². The first-order valence-corrected chi connectivity index (χ1v) is 9.78. The summed E-state index contributed by atoms with van der Waals surface area (Å²) in [4.78, 5) is 29.6. The monoisotopic (exact) mass is 436 g/mol. The standard InChI is InChI=1S/C22H23F3N2O4/c1-12(2)11-27(14-6-4-5-13(7-14)22(23,24)25)15-8-18(31-3)19(26-10-15)20(28)16-9-17(16)21(29)30/h4-8,10,12,16-17H,9,11H2,1-3H3,(H,29,30)/t16-,17-/m0/s1. The van der Waals surface area contributed by atoms with E-state index in [1.165, 1.54) is 19.4 Å². The van der Waals surface area contributed by atoms with Gasteiger partial charge >= 0.3 is 12.1 Å². The molecule has 1 fully saturated rings. The van der Waals surface area contributed by atoms with Gasteiger partial charge in [-0.3, -0.25) is 9.59 Å². The van der Waals surface area contributed by atoms with Crippen LogP contribution in [0.3, 0.4) is 0 Å². The molecule has 0 spiro atoms. The van der Waals surface area contributed by atoms with Crippen LogP contribution in [0.5, 0.6) is 5.75 Å². The van der Waals surface area contributed by atoms with Gasteiger partial charge in [-0.25, -0.2) is 4.98 Å². The second kappa shape index (κ2) is 8.56. The Bertz CT molecular complexity index is 991. The van der Waals surface area contributed by atoms with Crippen molar-refractivity contribution in [1.82, 2.24) is 4.98 Å². The molecule has 1 N–H and O–H groups in total. The van der Waals surface area contributed by atoms with Crippen LogP contribution in [0.1, 0.15) is 36.3 Å². The molecule has 9 heteroatoms. The van der Waals surface area contributed by atoms with Crippen LogP contribution in [0, 0.1) is 17.8 Å². The molecule has 3 rings (SSSR count). The number of nitrogens with zero attached hydrogens (tertiary/aromatic N) is 2. The van der Waals surface area contributed by atoms with E-state index in [-0.39, 0.29) is 23.8 Å². The van der Waals surface area contributed by atoms with E-state index < -0.39 is 35.3 Å². The summed E-state index contributed by atoms with van der Waals surface area (Å²) >= 11 is 0. The summed E-state index contributed by atoms with van der Waals surface area (Å²) in [5.41, 5.74) is 0.0547. The summed E-state index contributed by atoms with van der Waals surface area (Å²) in [7, 11) is 1.36. The number of halogens is 3. The summed E-state index contributed by atoms with van der Waals surface area (Å²) in [5, 5.41) is 9.06. The number of carbonyl (C=O) groups is 2. The zero-order valence-electron chi connectivity index (χ0n) is 17.3. The first-order valence-electron chi connectivity index (χ1n) is 9.78. The third kappa shape index (κ3) is 4.98. The van der Waals surface area contributed by atoms with Gasteiger partial charge in [0, 0.05) is 24.2 Å². The van der Waals surface area contributed by atoms with Crippen molar-refractivity contribution in [2.24, 2.45) is 17.8 Å². The van der Waals surface area contributed by atoms with E-state index in [9.17, 15) is 22.8 Å². The maximum absolute atomic E-state index is 13.2. The lowest BCUT2D eigenvalue weighted by Crippen LogP contribution is -2.23. The van der Waals surface area contributed by atoms with Crippen molar-refractivity contribution >= 4 is 23.1 Å². The van der Waals surface area contributed by atoms with Crippen LogP contribution >= 0.6 is 0 Å². The van der Waals surface area contributed by atoms with Gasteiger partial charge in [0.2, 0.25) is 0 Å². The van der Waals surface area contributed by atoms with Gasteiger partial charge in [-0.15, -0.1) is 0 Å². The highest BCUT2D eigenvalue weighted by molar-refractivity contribution is 6.03. The molecule has 166 valence electrons. The summed E-state index contributed by atoms with van der Waals surface area (Å²) in [6.07, 6.45) is -2.82. The molecule has 1 aliphatic carbocycles. The van der Waals surface area contributed by atoms with Crippen molar-refractivity contribution in [2.45, 2.75) is 26.4 Å². The Kier molecular flexibility index (Phi) is 6.24. The van der Waals surface area contributed by atoms with E-state index in [0.29, 0.717) is 17.9 Å². The Hall–Kier alpha value is -3.10. The lowest BCUT2D eigenvalue weighted by molar-refractivity contribution is -0.139. The molecular weight excluding hydrogens is 413 g/mol. The second-order valence-electron chi connectivity index (χ2n) is 7.95. The van der Waals surface area contributed by atoms with Crippen molar-refractivity contribution in [3.8, 4) is 5.75 Å². The molecule has 1 aromatic heterocycles. The van der Waals surface area contributed by atoms with Gasteiger partial charge in [0.05, 0.1) is 30.5 Å². The van der Waals surface area contributed by atoms with Crippen LogP contribution in [0.25, 0.3) is 0 Å². The summed E-state index contributed by atoms with van der Waals surface area (Å²) in [6.45, 7) is 4.27. The number of hydrogen-bond acceptors (Lipinski definition) is 5. The quantitative estimate of drug-likeness (QED) is 0.599. The molecule has 1 heterocycles. The fourth-order valence-electron chi connectivity index (χ4n) is 3.43. The van der Waals surface area contributed by atoms with Crippen LogP contribution < -0.4 is 9.64 Å². The van der Waals surface area contributed by atoms with E-state index in [1.807, 2.05) is 13.8 Å². The Balaban J connectivity index is 1.97. The van der Waals surface area contributed by atoms with Crippen molar-refractivity contribution in [3.05, 3.63) is 47.8 Å². The topological polar surface area (TPSA) is 79.7 Å². The molecule has 0 aliphatic heterocycles. The number of aliphatic carboxylic acids is 1. The minimum absolute atomic E-state index is 0.0218. The molecule has 0 bridgehead atoms. The molecule has 1 saturated carbocycles. The number of Topliss-reactive ketones (excluding diaryl/α,β-unsaturated/α-hetero) is 1. The highest BCUT2D eigenvalue weighted by atomic mass is 19.4. The summed E-state index contributed by atoms with van der Waals surface area (Å²) in [5.74, 6) is -2.53. The molecule has 0 saturated heterocycles. The number of carboxylic acids is 1. The third-order valence-electron chi connectivity index (χ3n) is 5.08. The number of pyridine rings is 1. The minimum Gasteiger partial charge on any atom is -0.494 e. The van der Waals surface area contributed by atoms with E-state index in [0.717, 1.165) is 12.1 Å². The molecule has 2 atom stereocenters. The molecule has 1 aliphatic rings. The number of methoxy groups -OCH3 is 1. The number of alkyl halides is 3. The molecule has 1 aromatic carbocycles. The zero-order chi connectivity index (χ0) is 22.9. The van der Waals surface area contributed by atoms with E-state index in [2.05, 4.69) is 4.98 Å². The van der Waals surface area contributed by atoms with E-state index >= 15 is 0 Å². The summed E-state index contributed by atoms with van der Waals surface area (Å²) in [6, 6.07) is 6.53. The van der Waals surface area contributed by atoms with Gasteiger partial charge < -0.3 is 14.7 Å². The van der Waals surface area contributed by atoms with Gasteiger partial charge in [0.15, 0.2) is 5.78 Å². The molecular formula is C22H23F3N2O4. The largest absolute Gasteiger partial charge is 0.494 e. The number of rotatable bonds is 8. The normalized spacial score (nSPS) is 18.0. The number of carboxylic acid groups (broad SMARTS) is 1. The van der Waals surface area contributed by atoms with Crippen molar-refractivity contribution in [1.29, 1.82) is 0 Å². The van der Waals surface area contributed by atoms with Gasteiger partial charge in [-0.1, -0.05) is 19.9 Å². The van der Waals surface area contributed by atoms with Crippen LogP contribution in [0.15, 0.2) is 36.5 Å². The fourth-order valence-corrected chi connectivity index (χ4v) is 3.43.